The van der Waals surface area contributed by atoms with Crippen molar-refractivity contribution in [1.82, 2.24) is 4.31 Å². The normalized spacial score (nSPS) is 11.8. The Balaban J connectivity index is 3.06. The minimum Gasteiger partial charge on any atom is -0.481 e. The van der Waals surface area contributed by atoms with Crippen LogP contribution in [0.5, 0.6) is 0 Å². The van der Waals surface area contributed by atoms with Gasteiger partial charge in [-0.25, -0.2) is 8.42 Å². The molecule has 5 nitrogen and oxygen atoms in total. The molecule has 0 saturated carbocycles. The Labute approximate surface area is 121 Å². The Morgan fingerprint density at radius 1 is 1.42 bits per heavy atom. The molecular weight excluding hydrogens is 334 g/mol. The molecule has 0 heterocycles. The van der Waals surface area contributed by atoms with Crippen LogP contribution in [-0.2, 0) is 14.8 Å². The molecule has 1 rings (SSSR count). The van der Waals surface area contributed by atoms with E-state index in [1.54, 1.807) is 26.0 Å². The number of carboxylic acid groups (broad SMARTS) is 1. The molecule has 1 N–H and O–H groups in total. The predicted molar refractivity (Wildman–Crippen MR) is 75.6 cm³/mol. The molecule has 0 fully saturated rings. The monoisotopic (exact) mass is 349 g/mol. The summed E-state index contributed by atoms with van der Waals surface area (Å²) in [4.78, 5) is 10.7. The van der Waals surface area contributed by atoms with Crippen molar-refractivity contribution in [2.75, 3.05) is 13.1 Å². The van der Waals surface area contributed by atoms with Crippen LogP contribution in [0.4, 0.5) is 0 Å². The molecule has 0 atom stereocenters. The fraction of sp³-hybridized carbons (Fsp3) is 0.417. The van der Waals surface area contributed by atoms with E-state index in [2.05, 4.69) is 15.9 Å². The van der Waals surface area contributed by atoms with E-state index >= 15 is 0 Å². The minimum atomic E-state index is -3.64. The molecule has 1 aromatic carbocycles. The Morgan fingerprint density at radius 3 is 2.53 bits per heavy atom. The maximum atomic E-state index is 12.4. The van der Waals surface area contributed by atoms with E-state index in [1.807, 2.05) is 0 Å². The second-order valence-electron chi connectivity index (χ2n) is 4.05. The average Bonchev–Trinajstić information content (AvgIpc) is 2.32. The van der Waals surface area contributed by atoms with Crippen molar-refractivity contribution in [2.45, 2.75) is 25.2 Å². The molecule has 0 unspecified atom stereocenters. The zero-order valence-electron chi connectivity index (χ0n) is 10.8. The van der Waals surface area contributed by atoms with Crippen LogP contribution in [0.3, 0.4) is 0 Å². The second kappa shape index (κ2) is 6.49. The van der Waals surface area contributed by atoms with Crippen molar-refractivity contribution in [3.63, 3.8) is 0 Å². The summed E-state index contributed by atoms with van der Waals surface area (Å²) in [7, 11) is -3.64. The SMILES string of the molecule is CCN(CCC(=O)O)S(=O)(=O)c1ccc(Br)c(C)c1. The molecule has 106 valence electrons. The quantitative estimate of drug-likeness (QED) is 0.854. The number of carboxylic acids is 1. The number of hydrogen-bond acceptors (Lipinski definition) is 3. The van der Waals surface area contributed by atoms with Gasteiger partial charge < -0.3 is 5.11 Å². The van der Waals surface area contributed by atoms with Crippen LogP contribution in [0.2, 0.25) is 0 Å². The summed E-state index contributed by atoms with van der Waals surface area (Å²) in [6.45, 7) is 3.70. The van der Waals surface area contributed by atoms with E-state index in [-0.39, 0.29) is 24.4 Å². The van der Waals surface area contributed by atoms with Crippen LogP contribution >= 0.6 is 15.9 Å². The molecule has 19 heavy (non-hydrogen) atoms. The summed E-state index contributed by atoms with van der Waals surface area (Å²) in [5.41, 5.74) is 0.815. The van der Waals surface area contributed by atoms with Gasteiger partial charge in [-0.2, -0.15) is 4.31 Å². The lowest BCUT2D eigenvalue weighted by molar-refractivity contribution is -0.137. The molecule has 0 saturated heterocycles. The van der Waals surface area contributed by atoms with Crippen molar-refractivity contribution in [2.24, 2.45) is 0 Å². The topological polar surface area (TPSA) is 74.7 Å². The number of sulfonamides is 1. The fourth-order valence-electron chi connectivity index (χ4n) is 1.60. The summed E-state index contributed by atoms with van der Waals surface area (Å²) < 4.78 is 26.7. The van der Waals surface area contributed by atoms with Gasteiger partial charge in [0.25, 0.3) is 0 Å². The smallest absolute Gasteiger partial charge is 0.304 e. The Kier molecular flexibility index (Phi) is 5.51. The summed E-state index contributed by atoms with van der Waals surface area (Å²) in [5.74, 6) is -1.01. The molecule has 0 aliphatic carbocycles. The minimum absolute atomic E-state index is 0.0245. The third kappa shape index (κ3) is 4.02. The first-order valence-electron chi connectivity index (χ1n) is 5.77. The Morgan fingerprint density at radius 2 is 2.05 bits per heavy atom. The lowest BCUT2D eigenvalue weighted by atomic mass is 10.2. The molecule has 0 spiro atoms. The largest absolute Gasteiger partial charge is 0.481 e. The van der Waals surface area contributed by atoms with Crippen LogP contribution in [0.1, 0.15) is 18.9 Å². The number of benzene rings is 1. The van der Waals surface area contributed by atoms with E-state index in [4.69, 9.17) is 5.11 Å². The van der Waals surface area contributed by atoms with Gasteiger partial charge in [0, 0.05) is 17.6 Å². The number of aryl methyl sites for hydroxylation is 1. The maximum absolute atomic E-state index is 12.4. The molecule has 0 aliphatic rings. The zero-order valence-corrected chi connectivity index (χ0v) is 13.2. The first-order valence-corrected chi connectivity index (χ1v) is 8.00. The van der Waals surface area contributed by atoms with Crippen LogP contribution in [0.25, 0.3) is 0 Å². The lowest BCUT2D eigenvalue weighted by Crippen LogP contribution is -2.32. The van der Waals surface area contributed by atoms with E-state index in [9.17, 15) is 13.2 Å². The molecular formula is C12H16BrNO4S. The van der Waals surface area contributed by atoms with Crippen molar-refractivity contribution in [3.05, 3.63) is 28.2 Å². The van der Waals surface area contributed by atoms with Crippen molar-refractivity contribution in [1.29, 1.82) is 0 Å². The molecule has 0 aromatic heterocycles. The number of aliphatic carboxylic acids is 1. The van der Waals surface area contributed by atoms with Crippen molar-refractivity contribution < 1.29 is 18.3 Å². The summed E-state index contributed by atoms with van der Waals surface area (Å²) >= 11 is 3.31. The summed E-state index contributed by atoms with van der Waals surface area (Å²) in [5, 5.41) is 8.65. The van der Waals surface area contributed by atoms with Gasteiger partial charge in [0.15, 0.2) is 0 Å². The van der Waals surface area contributed by atoms with Gasteiger partial charge in [-0.3, -0.25) is 4.79 Å². The van der Waals surface area contributed by atoms with Crippen LogP contribution in [-0.4, -0.2) is 36.9 Å². The first-order chi connectivity index (χ1) is 8.78. The van der Waals surface area contributed by atoms with Gasteiger partial charge in [-0.15, -0.1) is 0 Å². The molecule has 0 aliphatic heterocycles. The van der Waals surface area contributed by atoms with Gasteiger partial charge in [0.1, 0.15) is 0 Å². The third-order valence-corrected chi connectivity index (χ3v) is 5.55. The van der Waals surface area contributed by atoms with Gasteiger partial charge >= 0.3 is 5.97 Å². The van der Waals surface area contributed by atoms with Gasteiger partial charge in [-0.05, 0) is 30.7 Å². The summed E-state index contributed by atoms with van der Waals surface area (Å²) in [6, 6.07) is 4.76. The van der Waals surface area contributed by atoms with Crippen molar-refractivity contribution >= 4 is 31.9 Å². The van der Waals surface area contributed by atoms with Crippen LogP contribution in [0, 0.1) is 6.92 Å². The number of hydrogen-bond donors (Lipinski definition) is 1. The van der Waals surface area contributed by atoms with Crippen LogP contribution in [0.15, 0.2) is 27.6 Å². The highest BCUT2D eigenvalue weighted by Crippen LogP contribution is 2.22. The molecule has 0 bridgehead atoms. The van der Waals surface area contributed by atoms with Gasteiger partial charge in [0.05, 0.1) is 11.3 Å². The number of rotatable bonds is 6. The summed E-state index contributed by atoms with van der Waals surface area (Å²) in [6.07, 6.45) is -0.206. The number of carbonyl (C=O) groups is 1. The number of nitrogens with zero attached hydrogens (tertiary/aromatic N) is 1. The highest BCUT2D eigenvalue weighted by Gasteiger charge is 2.23. The fourth-order valence-corrected chi connectivity index (χ4v) is 3.38. The molecule has 1 aromatic rings. The van der Waals surface area contributed by atoms with E-state index in [0.717, 1.165) is 10.0 Å². The van der Waals surface area contributed by atoms with E-state index < -0.39 is 16.0 Å². The predicted octanol–water partition coefficient (Wildman–Crippen LogP) is 2.24. The Hall–Kier alpha value is -0.920. The van der Waals surface area contributed by atoms with Crippen molar-refractivity contribution in [3.8, 4) is 0 Å². The second-order valence-corrected chi connectivity index (χ2v) is 6.84. The molecule has 7 heteroatoms. The van der Waals surface area contributed by atoms with E-state index in [1.165, 1.54) is 10.4 Å². The maximum Gasteiger partial charge on any atom is 0.304 e. The lowest BCUT2D eigenvalue weighted by Gasteiger charge is -2.20. The number of halogens is 1. The average molecular weight is 350 g/mol. The molecule has 0 amide bonds. The van der Waals surface area contributed by atoms with E-state index in [0.29, 0.717) is 0 Å². The third-order valence-electron chi connectivity index (χ3n) is 2.69. The van der Waals surface area contributed by atoms with Gasteiger partial charge in [-0.1, -0.05) is 22.9 Å². The van der Waals surface area contributed by atoms with Gasteiger partial charge in [0.2, 0.25) is 10.0 Å². The highest BCUT2D eigenvalue weighted by molar-refractivity contribution is 9.10. The zero-order chi connectivity index (χ0) is 14.6. The van der Waals surface area contributed by atoms with Crippen LogP contribution < -0.4 is 0 Å². The standard InChI is InChI=1S/C12H16BrNO4S/c1-3-14(7-6-12(15)16)19(17,18)10-4-5-11(13)9(2)8-10/h4-5,8H,3,6-7H2,1-2H3,(H,15,16). The highest BCUT2D eigenvalue weighted by atomic mass is 79.9. The molecule has 0 radical (unpaired) electrons. The Bertz CT molecular complexity index is 571. The first kappa shape index (κ1) is 16.1.